The van der Waals surface area contributed by atoms with Crippen molar-refractivity contribution in [2.24, 2.45) is 0 Å². The molecule has 0 aromatic heterocycles. The molecule has 0 bridgehead atoms. The molecule has 1 aromatic rings. The van der Waals surface area contributed by atoms with E-state index in [-0.39, 0.29) is 11.4 Å². The topological polar surface area (TPSA) is 64.4 Å². The zero-order chi connectivity index (χ0) is 10.1. The van der Waals surface area contributed by atoms with Crippen molar-refractivity contribution in [2.45, 2.75) is 0 Å². The lowest BCUT2D eigenvalue weighted by molar-refractivity contribution is -0.385. The van der Waals surface area contributed by atoms with Crippen molar-refractivity contribution in [3.05, 3.63) is 28.1 Å². The van der Waals surface area contributed by atoms with E-state index in [1.807, 2.05) is 0 Å². The van der Waals surface area contributed by atoms with Crippen LogP contribution in [0.4, 0.5) is 15.8 Å². The molecule has 0 aliphatic carbocycles. The van der Waals surface area contributed by atoms with Crippen LogP contribution in [0, 0.1) is 15.9 Å². The fourth-order valence-electron chi connectivity index (χ4n) is 1.30. The quantitative estimate of drug-likeness (QED) is 0.549. The van der Waals surface area contributed by atoms with Crippen molar-refractivity contribution in [1.82, 2.24) is 0 Å². The maximum atomic E-state index is 13.2. The normalized spacial score (nSPS) is 13.8. The molecule has 1 aliphatic rings. The van der Waals surface area contributed by atoms with Crippen LogP contribution in [0.3, 0.4) is 0 Å². The van der Waals surface area contributed by atoms with E-state index < -0.39 is 10.7 Å². The number of rotatable bonds is 1. The van der Waals surface area contributed by atoms with E-state index in [9.17, 15) is 14.5 Å². The Hall–Kier alpha value is -1.85. The van der Waals surface area contributed by atoms with Crippen LogP contribution in [0.1, 0.15) is 0 Å². The first-order valence-corrected chi connectivity index (χ1v) is 4.03. The summed E-state index contributed by atoms with van der Waals surface area (Å²) in [5.41, 5.74) is 0.0576. The lowest BCUT2D eigenvalue weighted by Gasteiger charge is -2.18. The number of benzene rings is 1. The summed E-state index contributed by atoms with van der Waals surface area (Å²) in [6.45, 7) is 0.884. The number of nitrogens with zero attached hydrogens (tertiary/aromatic N) is 1. The molecule has 0 unspecified atom stereocenters. The number of anilines is 1. The van der Waals surface area contributed by atoms with Crippen LogP contribution in [0.25, 0.3) is 0 Å². The first-order chi connectivity index (χ1) is 6.68. The lowest BCUT2D eigenvalue weighted by atomic mass is 10.2. The van der Waals surface area contributed by atoms with Gasteiger partial charge in [-0.25, -0.2) is 4.39 Å². The molecule has 0 atom stereocenters. The second kappa shape index (κ2) is 3.13. The molecule has 6 heteroatoms. The Balaban J connectivity index is 2.51. The average molecular weight is 198 g/mol. The number of nitro groups is 1. The number of non-ortho nitro benzene ring substituents is 1. The number of fused-ring (bicyclic) bond motifs is 1. The average Bonchev–Trinajstić information content (AvgIpc) is 2.17. The Morgan fingerprint density at radius 3 is 3.07 bits per heavy atom. The van der Waals surface area contributed by atoms with Gasteiger partial charge >= 0.3 is 0 Å². The summed E-state index contributed by atoms with van der Waals surface area (Å²) >= 11 is 0. The zero-order valence-corrected chi connectivity index (χ0v) is 7.12. The van der Waals surface area contributed by atoms with Crippen molar-refractivity contribution in [2.75, 3.05) is 18.5 Å². The number of nitrogens with one attached hydrogen (secondary N) is 1. The zero-order valence-electron chi connectivity index (χ0n) is 7.12. The summed E-state index contributed by atoms with van der Waals surface area (Å²) in [5.74, 6) is -0.650. The van der Waals surface area contributed by atoms with Gasteiger partial charge in [-0.1, -0.05) is 0 Å². The van der Waals surface area contributed by atoms with Crippen LogP contribution in [-0.4, -0.2) is 18.1 Å². The molecule has 2 rings (SSSR count). The van der Waals surface area contributed by atoms with E-state index in [1.165, 1.54) is 6.07 Å². The minimum Gasteiger partial charge on any atom is -0.486 e. The Morgan fingerprint density at radius 1 is 1.57 bits per heavy atom. The number of hydrogen-bond acceptors (Lipinski definition) is 4. The van der Waals surface area contributed by atoms with Crippen LogP contribution in [0.15, 0.2) is 12.1 Å². The van der Waals surface area contributed by atoms with E-state index in [4.69, 9.17) is 4.74 Å². The van der Waals surface area contributed by atoms with Crippen molar-refractivity contribution >= 4 is 11.4 Å². The van der Waals surface area contributed by atoms with Crippen LogP contribution >= 0.6 is 0 Å². The van der Waals surface area contributed by atoms with Crippen LogP contribution in [-0.2, 0) is 0 Å². The number of nitro benzene ring substituents is 1. The minimum atomic E-state index is -0.707. The van der Waals surface area contributed by atoms with Crippen molar-refractivity contribution < 1.29 is 14.1 Å². The van der Waals surface area contributed by atoms with Crippen molar-refractivity contribution in [1.29, 1.82) is 0 Å². The van der Waals surface area contributed by atoms with E-state index in [2.05, 4.69) is 5.32 Å². The van der Waals surface area contributed by atoms with Gasteiger partial charge in [-0.15, -0.1) is 0 Å². The third kappa shape index (κ3) is 1.34. The molecular formula is C8H7FN2O3. The Bertz CT molecular complexity index is 394. The highest BCUT2D eigenvalue weighted by Crippen LogP contribution is 2.34. The second-order valence-corrected chi connectivity index (χ2v) is 2.84. The van der Waals surface area contributed by atoms with Gasteiger partial charge in [0, 0.05) is 12.6 Å². The SMILES string of the molecule is O=[N+]([O-])c1cc(F)c2c(c1)NCCO2. The van der Waals surface area contributed by atoms with Gasteiger partial charge in [0.2, 0.25) is 0 Å². The monoisotopic (exact) mass is 198 g/mol. The third-order valence-corrected chi connectivity index (χ3v) is 1.90. The Morgan fingerprint density at radius 2 is 2.36 bits per heavy atom. The molecule has 0 spiro atoms. The number of halogens is 1. The fourth-order valence-corrected chi connectivity index (χ4v) is 1.30. The van der Waals surface area contributed by atoms with Gasteiger partial charge in [0.25, 0.3) is 5.69 Å². The number of ether oxygens (including phenoxy) is 1. The standard InChI is InChI=1S/C8H7FN2O3/c9-6-3-5(11(12)13)4-7-8(6)14-2-1-10-7/h3-4,10H,1-2H2. The number of hydrogen-bond donors (Lipinski definition) is 1. The maximum absolute atomic E-state index is 13.2. The summed E-state index contributed by atoms with van der Waals surface area (Å²) in [4.78, 5) is 9.77. The predicted octanol–water partition coefficient (Wildman–Crippen LogP) is 1.54. The van der Waals surface area contributed by atoms with Gasteiger partial charge in [0.1, 0.15) is 6.61 Å². The highest BCUT2D eigenvalue weighted by Gasteiger charge is 2.20. The smallest absolute Gasteiger partial charge is 0.274 e. The van der Waals surface area contributed by atoms with Crippen molar-refractivity contribution in [3.8, 4) is 5.75 Å². The first kappa shape index (κ1) is 8.74. The first-order valence-electron chi connectivity index (χ1n) is 4.03. The van der Waals surface area contributed by atoms with E-state index in [0.717, 1.165) is 6.07 Å². The molecule has 0 saturated carbocycles. The Labute approximate surface area is 78.6 Å². The van der Waals surface area contributed by atoms with Crippen LogP contribution in [0.5, 0.6) is 5.75 Å². The summed E-state index contributed by atoms with van der Waals surface area (Å²) in [6.07, 6.45) is 0. The minimum absolute atomic E-state index is 0.0573. The van der Waals surface area contributed by atoms with Crippen LogP contribution in [0.2, 0.25) is 0 Å². The van der Waals surface area contributed by atoms with Gasteiger partial charge in [-0.3, -0.25) is 10.1 Å². The molecule has 0 fully saturated rings. The molecule has 1 aliphatic heterocycles. The molecule has 1 aromatic carbocycles. The maximum Gasteiger partial charge on any atom is 0.274 e. The molecule has 0 saturated heterocycles. The van der Waals surface area contributed by atoms with E-state index in [1.54, 1.807) is 0 Å². The summed E-state index contributed by atoms with van der Waals surface area (Å²) < 4.78 is 18.3. The summed E-state index contributed by atoms with van der Waals surface area (Å²) in [6, 6.07) is 2.11. The molecule has 1 heterocycles. The molecule has 14 heavy (non-hydrogen) atoms. The van der Waals surface area contributed by atoms with Gasteiger partial charge in [-0.05, 0) is 0 Å². The molecular weight excluding hydrogens is 191 g/mol. The van der Waals surface area contributed by atoms with Crippen LogP contribution < -0.4 is 10.1 Å². The molecule has 0 radical (unpaired) electrons. The third-order valence-electron chi connectivity index (χ3n) is 1.90. The molecule has 1 N–H and O–H groups in total. The molecule has 74 valence electrons. The predicted molar refractivity (Wildman–Crippen MR) is 47.0 cm³/mol. The summed E-state index contributed by atoms with van der Waals surface area (Å²) in [7, 11) is 0. The second-order valence-electron chi connectivity index (χ2n) is 2.84. The van der Waals surface area contributed by atoms with Gasteiger partial charge in [0.15, 0.2) is 11.6 Å². The molecule has 5 nitrogen and oxygen atoms in total. The van der Waals surface area contributed by atoms with Gasteiger partial charge in [-0.2, -0.15) is 0 Å². The Kier molecular flexibility index (Phi) is 1.95. The fraction of sp³-hybridized carbons (Fsp3) is 0.250. The largest absolute Gasteiger partial charge is 0.486 e. The summed E-state index contributed by atoms with van der Waals surface area (Å²) in [5, 5.41) is 13.2. The van der Waals surface area contributed by atoms with E-state index >= 15 is 0 Å². The highest BCUT2D eigenvalue weighted by molar-refractivity contribution is 5.63. The molecule has 0 amide bonds. The van der Waals surface area contributed by atoms with Gasteiger partial charge in [0.05, 0.1) is 16.7 Å². The van der Waals surface area contributed by atoms with E-state index in [0.29, 0.717) is 18.8 Å². The van der Waals surface area contributed by atoms with Gasteiger partial charge < -0.3 is 10.1 Å². The lowest BCUT2D eigenvalue weighted by Crippen LogP contribution is -2.19. The highest BCUT2D eigenvalue weighted by atomic mass is 19.1. The van der Waals surface area contributed by atoms with Crippen molar-refractivity contribution in [3.63, 3.8) is 0 Å².